The maximum atomic E-state index is 9.95. The molecular weight excluding hydrogens is 299 g/mol. The molecule has 102 valence electrons. The second-order valence-corrected chi connectivity index (χ2v) is 5.07. The molecule has 0 aliphatic carbocycles. The van der Waals surface area contributed by atoms with Crippen molar-refractivity contribution in [1.29, 1.82) is 0 Å². The van der Waals surface area contributed by atoms with Gasteiger partial charge in [0, 0.05) is 0 Å². The van der Waals surface area contributed by atoms with Crippen LogP contribution in [-0.2, 0) is 0 Å². The zero-order chi connectivity index (χ0) is 14.3. The largest absolute Gasteiger partial charge is 0.507 e. The van der Waals surface area contributed by atoms with Crippen molar-refractivity contribution >= 4 is 34.2 Å². The van der Waals surface area contributed by atoms with Crippen LogP contribution in [0.1, 0.15) is 0 Å². The van der Waals surface area contributed by atoms with Crippen molar-refractivity contribution in [1.82, 2.24) is 9.97 Å². The van der Waals surface area contributed by atoms with E-state index in [9.17, 15) is 5.11 Å². The average Bonchev–Trinajstić information content (AvgIpc) is 2.82. The molecule has 6 heteroatoms. The molecule has 2 N–H and O–H groups in total. The van der Waals surface area contributed by atoms with E-state index in [1.165, 1.54) is 0 Å². The summed E-state index contributed by atoms with van der Waals surface area (Å²) in [6, 6.07) is 8.32. The number of H-pyrrole nitrogens is 1. The Hall–Kier alpha value is -1.91. The zero-order valence-corrected chi connectivity index (χ0v) is 12.0. The number of rotatable bonds is 2. The third-order valence-corrected chi connectivity index (χ3v) is 3.70. The molecule has 0 spiro atoms. The maximum Gasteiger partial charge on any atom is 0.142 e. The predicted octanol–water partition coefficient (Wildman–Crippen LogP) is 4.25. The third-order valence-electron chi connectivity index (χ3n) is 2.98. The Morgan fingerprint density at radius 1 is 1.15 bits per heavy atom. The molecule has 0 aliphatic rings. The number of hydrogen-bond donors (Lipinski definition) is 2. The minimum atomic E-state index is 0.113. The number of ether oxygens (including phenoxy) is 1. The smallest absolute Gasteiger partial charge is 0.142 e. The molecule has 0 bridgehead atoms. The number of halogens is 2. The van der Waals surface area contributed by atoms with Crippen LogP contribution in [0, 0.1) is 0 Å². The molecule has 1 aromatic heterocycles. The summed E-state index contributed by atoms with van der Waals surface area (Å²) in [4.78, 5) is 7.51. The van der Waals surface area contributed by atoms with Crippen molar-refractivity contribution in [3.63, 3.8) is 0 Å². The molecule has 0 saturated carbocycles. The van der Waals surface area contributed by atoms with Gasteiger partial charge in [-0.15, -0.1) is 0 Å². The number of imidazole rings is 1. The molecule has 0 unspecified atom stereocenters. The van der Waals surface area contributed by atoms with E-state index in [1.807, 2.05) is 0 Å². The first-order valence-corrected chi connectivity index (χ1v) is 6.56. The molecule has 1 heterocycles. The minimum Gasteiger partial charge on any atom is -0.507 e. The van der Waals surface area contributed by atoms with Crippen LogP contribution in [0.3, 0.4) is 0 Å². The van der Waals surface area contributed by atoms with Gasteiger partial charge in [-0.3, -0.25) is 0 Å². The van der Waals surface area contributed by atoms with Gasteiger partial charge in [0.05, 0.1) is 33.8 Å². The van der Waals surface area contributed by atoms with Crippen LogP contribution >= 0.6 is 23.2 Å². The number of phenolic OH excluding ortho intramolecular Hbond substituents is 1. The first kappa shape index (κ1) is 13.1. The Morgan fingerprint density at radius 3 is 2.65 bits per heavy atom. The van der Waals surface area contributed by atoms with Gasteiger partial charge in [0.15, 0.2) is 0 Å². The van der Waals surface area contributed by atoms with Crippen LogP contribution in [0.4, 0.5) is 0 Å². The van der Waals surface area contributed by atoms with Crippen molar-refractivity contribution in [2.24, 2.45) is 0 Å². The lowest BCUT2D eigenvalue weighted by atomic mass is 10.2. The van der Waals surface area contributed by atoms with E-state index in [0.717, 1.165) is 5.52 Å². The van der Waals surface area contributed by atoms with Gasteiger partial charge in [0.1, 0.15) is 17.3 Å². The third kappa shape index (κ3) is 2.17. The van der Waals surface area contributed by atoms with Crippen LogP contribution in [0.2, 0.25) is 10.0 Å². The fourth-order valence-electron chi connectivity index (χ4n) is 1.96. The monoisotopic (exact) mass is 308 g/mol. The van der Waals surface area contributed by atoms with E-state index in [0.29, 0.717) is 32.7 Å². The number of nitrogens with zero attached hydrogens (tertiary/aromatic N) is 1. The molecule has 3 rings (SSSR count). The number of hydrogen-bond acceptors (Lipinski definition) is 3. The Bertz CT molecular complexity index is 760. The molecule has 0 aliphatic heterocycles. The summed E-state index contributed by atoms with van der Waals surface area (Å²) in [7, 11) is 1.56. The van der Waals surface area contributed by atoms with Gasteiger partial charge >= 0.3 is 0 Å². The zero-order valence-electron chi connectivity index (χ0n) is 10.4. The summed E-state index contributed by atoms with van der Waals surface area (Å²) in [5.74, 6) is 1.27. The van der Waals surface area contributed by atoms with E-state index >= 15 is 0 Å². The van der Waals surface area contributed by atoms with Gasteiger partial charge in [0.2, 0.25) is 0 Å². The number of fused-ring (bicyclic) bond motifs is 1. The molecule has 3 aromatic rings. The van der Waals surface area contributed by atoms with Crippen molar-refractivity contribution in [2.45, 2.75) is 0 Å². The maximum absolute atomic E-state index is 9.95. The van der Waals surface area contributed by atoms with Crippen LogP contribution in [-0.4, -0.2) is 22.2 Å². The molecule has 0 radical (unpaired) electrons. The first-order chi connectivity index (χ1) is 9.58. The summed E-state index contributed by atoms with van der Waals surface area (Å²) < 4.78 is 5.15. The second-order valence-electron chi connectivity index (χ2n) is 4.25. The number of nitrogens with one attached hydrogen (secondary N) is 1. The number of methoxy groups -OCH3 is 1. The Morgan fingerprint density at radius 2 is 1.90 bits per heavy atom. The summed E-state index contributed by atoms with van der Waals surface area (Å²) >= 11 is 11.9. The summed E-state index contributed by atoms with van der Waals surface area (Å²) in [6.45, 7) is 0. The van der Waals surface area contributed by atoms with Gasteiger partial charge in [-0.05, 0) is 30.3 Å². The van der Waals surface area contributed by atoms with Crippen molar-refractivity contribution in [3.8, 4) is 22.9 Å². The highest BCUT2D eigenvalue weighted by Gasteiger charge is 2.12. The fourth-order valence-corrected chi connectivity index (χ4v) is 2.29. The lowest BCUT2D eigenvalue weighted by molar-refractivity contribution is 0.412. The molecule has 0 atom stereocenters. The Labute approximate surface area is 124 Å². The SMILES string of the molecule is COc1ccc(O)c(-c2nc3cc(Cl)c(Cl)cc3[nH]2)c1. The van der Waals surface area contributed by atoms with Crippen LogP contribution in [0.15, 0.2) is 30.3 Å². The number of aromatic nitrogens is 2. The molecule has 0 fully saturated rings. The van der Waals surface area contributed by atoms with Crippen molar-refractivity contribution < 1.29 is 9.84 Å². The van der Waals surface area contributed by atoms with E-state index < -0.39 is 0 Å². The minimum absolute atomic E-state index is 0.113. The lowest BCUT2D eigenvalue weighted by Crippen LogP contribution is -1.86. The molecule has 20 heavy (non-hydrogen) atoms. The van der Waals surface area contributed by atoms with E-state index in [1.54, 1.807) is 37.4 Å². The summed E-state index contributed by atoms with van der Waals surface area (Å²) in [5, 5.41) is 10.8. The van der Waals surface area contributed by atoms with Gasteiger partial charge in [-0.25, -0.2) is 4.98 Å². The standard InChI is InChI=1S/C14H10Cl2N2O2/c1-20-7-2-3-13(19)8(4-7)14-17-11-5-9(15)10(16)6-12(11)18-14/h2-6,19H,1H3,(H,17,18). The van der Waals surface area contributed by atoms with E-state index in [4.69, 9.17) is 27.9 Å². The Kier molecular flexibility index (Phi) is 3.20. The van der Waals surface area contributed by atoms with Crippen molar-refractivity contribution in [2.75, 3.05) is 7.11 Å². The molecular formula is C14H10Cl2N2O2. The van der Waals surface area contributed by atoms with Gasteiger partial charge in [-0.2, -0.15) is 0 Å². The van der Waals surface area contributed by atoms with Gasteiger partial charge < -0.3 is 14.8 Å². The molecule has 0 amide bonds. The number of aromatic amines is 1. The lowest BCUT2D eigenvalue weighted by Gasteiger charge is -2.04. The topological polar surface area (TPSA) is 58.1 Å². The van der Waals surface area contributed by atoms with Gasteiger partial charge in [-0.1, -0.05) is 23.2 Å². The fraction of sp³-hybridized carbons (Fsp3) is 0.0714. The number of phenols is 1. The van der Waals surface area contributed by atoms with Crippen LogP contribution in [0.5, 0.6) is 11.5 Å². The van der Waals surface area contributed by atoms with E-state index in [2.05, 4.69) is 9.97 Å². The highest BCUT2D eigenvalue weighted by Crippen LogP contribution is 2.33. The second kappa shape index (κ2) is 4.89. The average molecular weight is 309 g/mol. The van der Waals surface area contributed by atoms with Crippen LogP contribution < -0.4 is 4.74 Å². The van der Waals surface area contributed by atoms with Gasteiger partial charge in [0.25, 0.3) is 0 Å². The van der Waals surface area contributed by atoms with Crippen molar-refractivity contribution in [3.05, 3.63) is 40.4 Å². The quantitative estimate of drug-likeness (QED) is 0.744. The normalized spacial score (nSPS) is 10.9. The molecule has 2 aromatic carbocycles. The molecule has 4 nitrogen and oxygen atoms in total. The number of benzene rings is 2. The highest BCUT2D eigenvalue weighted by atomic mass is 35.5. The highest BCUT2D eigenvalue weighted by molar-refractivity contribution is 6.42. The van der Waals surface area contributed by atoms with Crippen LogP contribution in [0.25, 0.3) is 22.4 Å². The predicted molar refractivity (Wildman–Crippen MR) is 79.8 cm³/mol. The summed E-state index contributed by atoms with van der Waals surface area (Å²) in [5.41, 5.74) is 1.97. The number of aromatic hydroxyl groups is 1. The summed E-state index contributed by atoms with van der Waals surface area (Å²) in [6.07, 6.45) is 0. The first-order valence-electron chi connectivity index (χ1n) is 5.80. The van der Waals surface area contributed by atoms with E-state index in [-0.39, 0.29) is 5.75 Å². The Balaban J connectivity index is 2.19. The molecule has 0 saturated heterocycles.